The van der Waals surface area contributed by atoms with E-state index in [1.165, 1.54) is 4.68 Å². The predicted molar refractivity (Wildman–Crippen MR) is 163 cm³/mol. The number of benzene rings is 3. The molecule has 1 heterocycles. The first-order chi connectivity index (χ1) is 20.3. The number of nitrogens with zero attached hydrogens (tertiary/aromatic N) is 1. The molecule has 0 unspecified atom stereocenters. The van der Waals surface area contributed by atoms with Crippen LogP contribution in [0.4, 0.5) is 0 Å². The fourth-order valence-corrected chi connectivity index (χ4v) is 4.37. The highest BCUT2D eigenvalue weighted by atomic mass is 35.5. The Labute approximate surface area is 249 Å². The van der Waals surface area contributed by atoms with Crippen molar-refractivity contribution in [2.75, 3.05) is 18.6 Å². The van der Waals surface area contributed by atoms with Gasteiger partial charge in [0.25, 0.3) is 11.5 Å². The molecular weight excluding hydrogens is 556 g/mol. The number of pyridine rings is 1. The SMILES string of the molecule is CCNC(=O)COc1ccc(Cl)cc1CNC(=O)Cc1c(C)ccn(NCc2ccccc2Oc2ccccc2)c1=O. The molecular formula is C32H33ClN4O5. The molecule has 0 aliphatic carbocycles. The maximum absolute atomic E-state index is 13.3. The smallest absolute Gasteiger partial charge is 0.272 e. The van der Waals surface area contributed by atoms with E-state index in [4.69, 9.17) is 21.1 Å². The van der Waals surface area contributed by atoms with Crippen LogP contribution in [0.5, 0.6) is 17.2 Å². The van der Waals surface area contributed by atoms with Crippen molar-refractivity contribution in [1.82, 2.24) is 15.3 Å². The average Bonchev–Trinajstić information content (AvgIpc) is 2.98. The van der Waals surface area contributed by atoms with Crippen LogP contribution in [0, 0.1) is 6.92 Å². The zero-order valence-corrected chi connectivity index (χ0v) is 24.2. The molecule has 218 valence electrons. The van der Waals surface area contributed by atoms with Gasteiger partial charge in [-0.15, -0.1) is 0 Å². The van der Waals surface area contributed by atoms with Crippen molar-refractivity contribution in [2.45, 2.75) is 33.4 Å². The van der Waals surface area contributed by atoms with Gasteiger partial charge in [-0.05, 0) is 61.9 Å². The molecule has 0 bridgehead atoms. The van der Waals surface area contributed by atoms with Crippen LogP contribution in [0.3, 0.4) is 0 Å². The van der Waals surface area contributed by atoms with Gasteiger partial charge in [0.15, 0.2) is 6.61 Å². The number of halogens is 1. The molecule has 0 saturated carbocycles. The van der Waals surface area contributed by atoms with E-state index in [9.17, 15) is 14.4 Å². The van der Waals surface area contributed by atoms with Gasteiger partial charge in [-0.2, -0.15) is 0 Å². The Hall–Kier alpha value is -4.76. The third-order valence-electron chi connectivity index (χ3n) is 6.38. The largest absolute Gasteiger partial charge is 0.483 e. The summed E-state index contributed by atoms with van der Waals surface area (Å²) in [6.07, 6.45) is 1.53. The summed E-state index contributed by atoms with van der Waals surface area (Å²) >= 11 is 6.15. The highest BCUT2D eigenvalue weighted by molar-refractivity contribution is 6.30. The van der Waals surface area contributed by atoms with Crippen LogP contribution in [0.25, 0.3) is 0 Å². The van der Waals surface area contributed by atoms with E-state index in [0.29, 0.717) is 52.1 Å². The van der Waals surface area contributed by atoms with Crippen molar-refractivity contribution in [3.05, 3.63) is 123 Å². The lowest BCUT2D eigenvalue weighted by atomic mass is 10.1. The third-order valence-corrected chi connectivity index (χ3v) is 6.61. The van der Waals surface area contributed by atoms with Crippen LogP contribution in [0.15, 0.2) is 89.9 Å². The molecule has 0 atom stereocenters. The Morgan fingerprint density at radius 2 is 1.62 bits per heavy atom. The summed E-state index contributed by atoms with van der Waals surface area (Å²) in [5, 5.41) is 5.96. The second-order valence-electron chi connectivity index (χ2n) is 9.46. The Balaban J connectivity index is 1.40. The Bertz CT molecular complexity index is 1590. The van der Waals surface area contributed by atoms with Gasteiger partial charge in [0, 0.05) is 41.0 Å². The van der Waals surface area contributed by atoms with Crippen LogP contribution in [0.1, 0.15) is 29.2 Å². The number of aryl methyl sites for hydroxylation is 1. The number of para-hydroxylation sites is 2. The van der Waals surface area contributed by atoms with Crippen LogP contribution >= 0.6 is 11.6 Å². The number of hydrogen-bond acceptors (Lipinski definition) is 6. The normalized spacial score (nSPS) is 10.5. The first-order valence-electron chi connectivity index (χ1n) is 13.5. The Morgan fingerprint density at radius 1 is 0.857 bits per heavy atom. The Morgan fingerprint density at radius 3 is 2.40 bits per heavy atom. The molecule has 4 aromatic rings. The fourth-order valence-electron chi connectivity index (χ4n) is 4.18. The lowest BCUT2D eigenvalue weighted by Gasteiger charge is -2.16. The van der Waals surface area contributed by atoms with Crippen molar-refractivity contribution in [2.24, 2.45) is 0 Å². The van der Waals surface area contributed by atoms with Crippen LogP contribution < -0.4 is 31.1 Å². The molecule has 0 fully saturated rings. The monoisotopic (exact) mass is 588 g/mol. The van der Waals surface area contributed by atoms with Gasteiger partial charge in [0.05, 0.1) is 13.0 Å². The highest BCUT2D eigenvalue weighted by Crippen LogP contribution is 2.25. The van der Waals surface area contributed by atoms with Crippen LogP contribution in [0.2, 0.25) is 5.02 Å². The van der Waals surface area contributed by atoms with Crippen LogP contribution in [-0.4, -0.2) is 29.6 Å². The number of nitrogens with one attached hydrogen (secondary N) is 3. The summed E-state index contributed by atoms with van der Waals surface area (Å²) in [6.45, 7) is 4.39. The number of ether oxygens (including phenoxy) is 2. The van der Waals surface area contributed by atoms with Gasteiger partial charge >= 0.3 is 0 Å². The maximum atomic E-state index is 13.3. The topological polar surface area (TPSA) is 111 Å². The van der Waals surface area contributed by atoms with Gasteiger partial charge in [-0.1, -0.05) is 48.0 Å². The molecule has 42 heavy (non-hydrogen) atoms. The lowest BCUT2D eigenvalue weighted by Crippen LogP contribution is -2.34. The van der Waals surface area contributed by atoms with E-state index < -0.39 is 0 Å². The molecule has 1 aromatic heterocycles. The number of carbonyl (C=O) groups is 2. The third kappa shape index (κ3) is 8.37. The summed E-state index contributed by atoms with van der Waals surface area (Å²) < 4.78 is 13.0. The second-order valence-corrected chi connectivity index (χ2v) is 9.89. The molecule has 0 radical (unpaired) electrons. The summed E-state index contributed by atoms with van der Waals surface area (Å²) in [4.78, 5) is 38.0. The van der Waals surface area contributed by atoms with Crippen molar-refractivity contribution in [3.63, 3.8) is 0 Å². The minimum atomic E-state index is -0.343. The minimum Gasteiger partial charge on any atom is -0.483 e. The van der Waals surface area contributed by atoms with Gasteiger partial charge in [-0.3, -0.25) is 14.4 Å². The zero-order valence-electron chi connectivity index (χ0n) is 23.5. The van der Waals surface area contributed by atoms with Gasteiger partial charge < -0.3 is 25.5 Å². The number of rotatable bonds is 13. The van der Waals surface area contributed by atoms with Crippen molar-refractivity contribution in [3.8, 4) is 17.2 Å². The zero-order chi connectivity index (χ0) is 29.9. The molecule has 0 saturated heterocycles. The molecule has 4 rings (SSSR count). The van der Waals surface area contributed by atoms with Crippen molar-refractivity contribution < 1.29 is 19.1 Å². The minimum absolute atomic E-state index is 0.112. The predicted octanol–water partition coefficient (Wildman–Crippen LogP) is 4.72. The molecule has 10 heteroatoms. The molecule has 0 aliphatic heterocycles. The summed E-state index contributed by atoms with van der Waals surface area (Å²) in [5.74, 6) is 1.23. The molecule has 0 spiro atoms. The van der Waals surface area contributed by atoms with Crippen molar-refractivity contribution in [1.29, 1.82) is 0 Å². The van der Waals surface area contributed by atoms with Gasteiger partial charge in [0.2, 0.25) is 5.91 Å². The first kappa shape index (κ1) is 30.2. The summed E-state index contributed by atoms with van der Waals surface area (Å²) in [5.41, 5.74) is 5.36. The first-order valence-corrected chi connectivity index (χ1v) is 13.9. The van der Waals surface area contributed by atoms with E-state index in [1.807, 2.05) is 61.5 Å². The molecule has 2 amide bonds. The number of likely N-dealkylation sites (N-methyl/N-ethyl adjacent to an activating group) is 1. The van der Waals surface area contributed by atoms with E-state index in [1.54, 1.807) is 37.4 Å². The number of amides is 2. The highest BCUT2D eigenvalue weighted by Gasteiger charge is 2.14. The van der Waals surface area contributed by atoms with Crippen molar-refractivity contribution >= 4 is 23.4 Å². The van der Waals surface area contributed by atoms with E-state index in [0.717, 1.165) is 5.56 Å². The number of carbonyl (C=O) groups excluding carboxylic acids is 2. The fraction of sp³-hybridized carbons (Fsp3) is 0.219. The standard InChI is InChI=1S/C32H33ClN4O5/c1-3-34-31(39)21-41-28-14-13-25(33)17-24(28)19-35-30(38)18-27-22(2)15-16-37(32(27)40)36-20-23-9-7-8-12-29(23)42-26-10-5-4-6-11-26/h4-17,36H,3,18-21H2,1-2H3,(H,34,39)(H,35,38). The average molecular weight is 589 g/mol. The quantitative estimate of drug-likeness (QED) is 0.208. The van der Waals surface area contributed by atoms with E-state index in [-0.39, 0.29) is 36.9 Å². The molecule has 3 N–H and O–H groups in total. The number of aromatic nitrogens is 1. The van der Waals surface area contributed by atoms with Gasteiger partial charge in [0.1, 0.15) is 17.2 Å². The molecule has 3 aromatic carbocycles. The Kier molecular flexibility index (Phi) is 10.6. The van der Waals surface area contributed by atoms with E-state index >= 15 is 0 Å². The van der Waals surface area contributed by atoms with Gasteiger partial charge in [-0.25, -0.2) is 4.68 Å². The molecule has 0 aliphatic rings. The maximum Gasteiger partial charge on any atom is 0.272 e. The molecule has 9 nitrogen and oxygen atoms in total. The number of hydrogen-bond donors (Lipinski definition) is 3. The second kappa shape index (κ2) is 14.7. The summed E-state index contributed by atoms with van der Waals surface area (Å²) in [7, 11) is 0. The summed E-state index contributed by atoms with van der Waals surface area (Å²) in [6, 6.07) is 23.8. The van der Waals surface area contributed by atoms with E-state index in [2.05, 4.69) is 16.1 Å². The van der Waals surface area contributed by atoms with Crippen LogP contribution in [-0.2, 0) is 29.1 Å². The lowest BCUT2D eigenvalue weighted by molar-refractivity contribution is -0.123.